The summed E-state index contributed by atoms with van der Waals surface area (Å²) in [5.41, 5.74) is 0.953. The van der Waals surface area contributed by atoms with E-state index < -0.39 is 16.2 Å². The van der Waals surface area contributed by atoms with Crippen molar-refractivity contribution in [3.8, 4) is 11.8 Å². The van der Waals surface area contributed by atoms with Gasteiger partial charge < -0.3 is 0 Å². The summed E-state index contributed by atoms with van der Waals surface area (Å²) in [5, 5.41) is 0. The maximum absolute atomic E-state index is 11.3. The molecule has 3 nitrogen and oxygen atoms in total. The Kier molecular flexibility index (Phi) is 6.44. The summed E-state index contributed by atoms with van der Waals surface area (Å²) in [4.78, 5) is 0. The van der Waals surface area contributed by atoms with Crippen molar-refractivity contribution in [2.24, 2.45) is 5.41 Å². The highest BCUT2D eigenvalue weighted by atomic mass is 32.2. The third kappa shape index (κ3) is 7.89. The first-order chi connectivity index (χ1) is 9.68. The molecular formula is C17H24O3S. The average Bonchev–Trinajstić information content (AvgIpc) is 2.35. The van der Waals surface area contributed by atoms with Gasteiger partial charge in [0.1, 0.15) is 6.10 Å². The summed E-state index contributed by atoms with van der Waals surface area (Å²) in [7, 11) is -3.49. The van der Waals surface area contributed by atoms with Crippen molar-refractivity contribution >= 4 is 10.1 Å². The molecule has 0 saturated carbocycles. The highest BCUT2D eigenvalue weighted by molar-refractivity contribution is 7.86. The van der Waals surface area contributed by atoms with Gasteiger partial charge in [-0.3, -0.25) is 4.18 Å². The fraction of sp³-hybridized carbons (Fsp3) is 0.529. The topological polar surface area (TPSA) is 43.4 Å². The minimum absolute atomic E-state index is 0.338. The summed E-state index contributed by atoms with van der Waals surface area (Å²) < 4.78 is 27.6. The smallest absolute Gasteiger partial charge is 0.253 e. The van der Waals surface area contributed by atoms with Crippen LogP contribution < -0.4 is 0 Å². The van der Waals surface area contributed by atoms with Gasteiger partial charge in [-0.2, -0.15) is 8.42 Å². The normalized spacial score (nSPS) is 13.3. The number of benzene rings is 1. The predicted octanol–water partition coefficient (Wildman–Crippen LogP) is 3.40. The zero-order chi connectivity index (χ0) is 15.9. The Morgan fingerprint density at radius 1 is 1.19 bits per heavy atom. The lowest BCUT2D eigenvalue weighted by atomic mass is 9.89. The van der Waals surface area contributed by atoms with Crippen molar-refractivity contribution in [2.45, 2.75) is 46.1 Å². The molecule has 0 heterocycles. The second kappa shape index (κ2) is 7.63. The van der Waals surface area contributed by atoms with E-state index in [0.29, 0.717) is 0 Å². The summed E-state index contributed by atoms with van der Waals surface area (Å²) in [6, 6.07) is 10.2. The van der Waals surface area contributed by atoms with Crippen LogP contribution in [0.5, 0.6) is 0 Å². The molecule has 0 fully saturated rings. The van der Waals surface area contributed by atoms with Gasteiger partial charge in [0.15, 0.2) is 0 Å². The summed E-state index contributed by atoms with van der Waals surface area (Å²) >= 11 is 0. The highest BCUT2D eigenvalue weighted by Crippen LogP contribution is 2.23. The van der Waals surface area contributed by atoms with Gasteiger partial charge >= 0.3 is 0 Å². The van der Waals surface area contributed by atoms with Gasteiger partial charge in [0.05, 0.1) is 6.26 Å². The van der Waals surface area contributed by atoms with Crippen LogP contribution in [-0.4, -0.2) is 20.8 Å². The molecule has 0 aromatic heterocycles. The SMILES string of the molecule is CC(C)(C)[C@@H](C#CCCCc1ccccc1)OS(C)(=O)=O. The minimum atomic E-state index is -3.49. The van der Waals surface area contributed by atoms with E-state index in [9.17, 15) is 8.42 Å². The molecule has 1 aromatic rings. The second-order valence-corrected chi connectivity index (χ2v) is 7.81. The predicted molar refractivity (Wildman–Crippen MR) is 86.3 cm³/mol. The quantitative estimate of drug-likeness (QED) is 0.476. The maximum atomic E-state index is 11.3. The van der Waals surface area contributed by atoms with Gasteiger partial charge in [-0.05, 0) is 18.4 Å². The lowest BCUT2D eigenvalue weighted by Gasteiger charge is -2.24. The molecule has 0 bridgehead atoms. The fourth-order valence-corrected chi connectivity index (χ4v) is 2.44. The Hall–Kier alpha value is -1.31. The molecule has 1 aromatic carbocycles. The summed E-state index contributed by atoms with van der Waals surface area (Å²) in [6.45, 7) is 5.75. The molecule has 4 heteroatoms. The Labute approximate surface area is 128 Å². The van der Waals surface area contributed by atoms with E-state index in [-0.39, 0.29) is 5.41 Å². The van der Waals surface area contributed by atoms with E-state index in [1.807, 2.05) is 39.0 Å². The Balaban J connectivity index is 2.53. The second-order valence-electron chi connectivity index (χ2n) is 6.21. The molecular weight excluding hydrogens is 284 g/mol. The first-order valence-corrected chi connectivity index (χ1v) is 8.91. The van der Waals surface area contributed by atoms with Crippen molar-refractivity contribution in [1.29, 1.82) is 0 Å². The maximum Gasteiger partial charge on any atom is 0.265 e. The zero-order valence-corrected chi connectivity index (χ0v) is 14.0. The molecule has 0 aliphatic carbocycles. The fourth-order valence-electron chi connectivity index (χ4n) is 1.75. The van der Waals surface area contributed by atoms with Gasteiger partial charge in [-0.25, -0.2) is 0 Å². The molecule has 21 heavy (non-hydrogen) atoms. The number of hydrogen-bond acceptors (Lipinski definition) is 3. The van der Waals surface area contributed by atoms with Crippen molar-refractivity contribution in [3.63, 3.8) is 0 Å². The van der Waals surface area contributed by atoms with Gasteiger partial charge in [0.25, 0.3) is 10.1 Å². The van der Waals surface area contributed by atoms with E-state index in [1.165, 1.54) is 5.56 Å². The van der Waals surface area contributed by atoms with Gasteiger partial charge in [-0.15, -0.1) is 5.92 Å². The summed E-state index contributed by atoms with van der Waals surface area (Å²) in [6.07, 6.45) is 3.11. The van der Waals surface area contributed by atoms with Crippen LogP contribution in [-0.2, 0) is 20.7 Å². The molecule has 0 spiro atoms. The van der Waals surface area contributed by atoms with Crippen molar-refractivity contribution in [1.82, 2.24) is 0 Å². The van der Waals surface area contributed by atoms with Gasteiger partial charge in [0.2, 0.25) is 0 Å². The number of aryl methyl sites for hydroxylation is 1. The van der Waals surface area contributed by atoms with Crippen LogP contribution in [0.2, 0.25) is 0 Å². The third-order valence-corrected chi connectivity index (χ3v) is 3.44. The Bertz CT molecular complexity index is 586. The Morgan fingerprint density at radius 3 is 2.33 bits per heavy atom. The van der Waals surface area contributed by atoms with Crippen LogP contribution in [0.4, 0.5) is 0 Å². The molecule has 1 rings (SSSR count). The average molecular weight is 308 g/mol. The van der Waals surface area contributed by atoms with Crippen molar-refractivity contribution in [2.75, 3.05) is 6.26 Å². The standard InChI is InChI=1S/C17H24O3S/c1-17(2,3)16(20-21(4,18)19)14-10-6-9-13-15-11-7-5-8-12-15/h5,7-8,11-12,16H,6,9,13H2,1-4H3/t16-/m1/s1. The molecule has 0 aliphatic rings. The lowest BCUT2D eigenvalue weighted by Crippen LogP contribution is -2.30. The van der Waals surface area contributed by atoms with Crippen molar-refractivity contribution < 1.29 is 12.6 Å². The van der Waals surface area contributed by atoms with Crippen LogP contribution in [0.25, 0.3) is 0 Å². The first-order valence-electron chi connectivity index (χ1n) is 7.09. The number of unbranched alkanes of at least 4 members (excludes halogenated alkanes) is 1. The third-order valence-electron chi connectivity index (χ3n) is 2.90. The monoisotopic (exact) mass is 308 g/mol. The van der Waals surface area contributed by atoms with Crippen LogP contribution >= 0.6 is 0 Å². The molecule has 0 amide bonds. The molecule has 0 aliphatic heterocycles. The molecule has 1 atom stereocenters. The first kappa shape index (κ1) is 17.7. The molecule has 0 radical (unpaired) electrons. The summed E-state index contributed by atoms with van der Waals surface area (Å²) in [5.74, 6) is 6.00. The van der Waals surface area contributed by atoms with Gasteiger partial charge in [-0.1, -0.05) is 57.0 Å². The molecule has 0 N–H and O–H groups in total. The van der Waals surface area contributed by atoms with E-state index in [0.717, 1.165) is 25.5 Å². The van der Waals surface area contributed by atoms with Crippen LogP contribution in [0.15, 0.2) is 30.3 Å². The minimum Gasteiger partial charge on any atom is -0.253 e. The van der Waals surface area contributed by atoms with Crippen LogP contribution in [0, 0.1) is 17.3 Å². The lowest BCUT2D eigenvalue weighted by molar-refractivity contribution is 0.144. The van der Waals surface area contributed by atoms with E-state index in [2.05, 4.69) is 24.0 Å². The van der Waals surface area contributed by atoms with Crippen molar-refractivity contribution in [3.05, 3.63) is 35.9 Å². The molecule has 116 valence electrons. The van der Waals surface area contributed by atoms with Gasteiger partial charge in [0, 0.05) is 11.8 Å². The van der Waals surface area contributed by atoms with Crippen LogP contribution in [0.3, 0.4) is 0 Å². The Morgan fingerprint density at radius 2 is 1.81 bits per heavy atom. The largest absolute Gasteiger partial charge is 0.265 e. The van der Waals surface area contributed by atoms with E-state index in [1.54, 1.807) is 0 Å². The van der Waals surface area contributed by atoms with E-state index >= 15 is 0 Å². The van der Waals surface area contributed by atoms with E-state index in [4.69, 9.17) is 4.18 Å². The molecule has 0 saturated heterocycles. The van der Waals surface area contributed by atoms with Crippen LogP contribution in [0.1, 0.15) is 39.2 Å². The zero-order valence-electron chi connectivity index (χ0n) is 13.2. The highest BCUT2D eigenvalue weighted by Gasteiger charge is 2.27. The number of rotatable bonds is 5. The number of hydrogen-bond donors (Lipinski definition) is 0. The molecule has 0 unspecified atom stereocenters.